The van der Waals surface area contributed by atoms with Crippen molar-refractivity contribution in [2.75, 3.05) is 13.1 Å². The van der Waals surface area contributed by atoms with Crippen LogP contribution in [-0.4, -0.2) is 22.6 Å². The van der Waals surface area contributed by atoms with Crippen molar-refractivity contribution in [1.82, 2.24) is 14.9 Å². The van der Waals surface area contributed by atoms with Gasteiger partial charge in [0.15, 0.2) is 0 Å². The van der Waals surface area contributed by atoms with E-state index in [-0.39, 0.29) is 5.82 Å². The Morgan fingerprint density at radius 2 is 2.28 bits per heavy atom. The van der Waals surface area contributed by atoms with E-state index < -0.39 is 0 Å². The minimum atomic E-state index is -0.193. The van der Waals surface area contributed by atoms with Crippen LogP contribution in [0.4, 0.5) is 4.39 Å². The van der Waals surface area contributed by atoms with E-state index in [1.807, 2.05) is 0 Å². The highest BCUT2D eigenvalue weighted by Crippen LogP contribution is 2.29. The molecule has 4 heteroatoms. The molecule has 0 amide bonds. The molecule has 2 aromatic rings. The lowest BCUT2D eigenvalue weighted by atomic mass is 9.88. The van der Waals surface area contributed by atoms with Crippen molar-refractivity contribution in [3.63, 3.8) is 0 Å². The molecule has 1 saturated heterocycles. The molecule has 0 bridgehead atoms. The van der Waals surface area contributed by atoms with Gasteiger partial charge in [0, 0.05) is 12.5 Å². The second-order valence-corrected chi connectivity index (χ2v) is 5.05. The first-order chi connectivity index (χ1) is 8.70. The fourth-order valence-corrected chi connectivity index (χ4v) is 2.67. The molecule has 18 heavy (non-hydrogen) atoms. The van der Waals surface area contributed by atoms with Crippen LogP contribution >= 0.6 is 0 Å². The highest BCUT2D eigenvalue weighted by molar-refractivity contribution is 5.76. The fourth-order valence-electron chi connectivity index (χ4n) is 2.67. The molecule has 3 nitrogen and oxygen atoms in total. The van der Waals surface area contributed by atoms with Gasteiger partial charge in [-0.05, 0) is 44.1 Å². The lowest BCUT2D eigenvalue weighted by molar-refractivity contribution is 0.292. The Morgan fingerprint density at radius 3 is 2.89 bits per heavy atom. The number of nitrogens with zero attached hydrogens (tertiary/aromatic N) is 2. The topological polar surface area (TPSA) is 29.9 Å². The van der Waals surface area contributed by atoms with Gasteiger partial charge in [-0.1, -0.05) is 6.92 Å². The molecule has 2 heterocycles. The summed E-state index contributed by atoms with van der Waals surface area (Å²) in [7, 11) is 0. The van der Waals surface area contributed by atoms with Crippen molar-refractivity contribution < 1.29 is 4.39 Å². The quantitative estimate of drug-likeness (QED) is 0.903. The molecule has 1 unspecified atom stereocenters. The molecule has 1 aliphatic heterocycles. The normalized spacial score (nSPS) is 17.9. The van der Waals surface area contributed by atoms with Crippen LogP contribution < -0.4 is 5.32 Å². The molecular formula is C14H18FN3. The van der Waals surface area contributed by atoms with Crippen molar-refractivity contribution >= 4 is 11.0 Å². The number of hydrogen-bond donors (Lipinski definition) is 1. The summed E-state index contributed by atoms with van der Waals surface area (Å²) in [5.41, 5.74) is 1.80. The third kappa shape index (κ3) is 1.72. The number of nitrogens with one attached hydrogen (secondary N) is 1. The zero-order valence-electron chi connectivity index (χ0n) is 10.8. The SMILES string of the molecule is CCn1c(C(C)C2CNC2)nc2ccc(F)cc21. The fraction of sp³-hybridized carbons (Fsp3) is 0.500. The van der Waals surface area contributed by atoms with E-state index in [2.05, 4.69) is 23.7 Å². The number of fused-ring (bicyclic) bond motifs is 1. The maximum absolute atomic E-state index is 13.3. The molecule has 1 fully saturated rings. The van der Waals surface area contributed by atoms with Gasteiger partial charge in [-0.25, -0.2) is 9.37 Å². The third-order valence-corrected chi connectivity index (χ3v) is 3.98. The van der Waals surface area contributed by atoms with E-state index >= 15 is 0 Å². The smallest absolute Gasteiger partial charge is 0.125 e. The summed E-state index contributed by atoms with van der Waals surface area (Å²) < 4.78 is 15.5. The Morgan fingerprint density at radius 1 is 1.50 bits per heavy atom. The summed E-state index contributed by atoms with van der Waals surface area (Å²) in [5.74, 6) is 1.96. The summed E-state index contributed by atoms with van der Waals surface area (Å²) in [6, 6.07) is 4.84. The standard InChI is InChI=1S/C14H18FN3/c1-3-18-13-6-11(15)4-5-12(13)17-14(18)9(2)10-7-16-8-10/h4-6,9-10,16H,3,7-8H2,1-2H3. The number of aryl methyl sites for hydroxylation is 1. The minimum Gasteiger partial charge on any atom is -0.328 e. The molecule has 0 spiro atoms. The molecule has 1 N–H and O–H groups in total. The van der Waals surface area contributed by atoms with Crippen LogP contribution in [0.1, 0.15) is 25.6 Å². The van der Waals surface area contributed by atoms with Gasteiger partial charge in [-0.3, -0.25) is 0 Å². The van der Waals surface area contributed by atoms with E-state index in [0.717, 1.165) is 36.5 Å². The molecule has 1 atom stereocenters. The van der Waals surface area contributed by atoms with E-state index in [0.29, 0.717) is 11.8 Å². The van der Waals surface area contributed by atoms with Crippen LogP contribution in [0.15, 0.2) is 18.2 Å². The molecule has 0 radical (unpaired) electrons. The molecule has 1 aliphatic rings. The van der Waals surface area contributed by atoms with Crippen LogP contribution in [-0.2, 0) is 6.54 Å². The highest BCUT2D eigenvalue weighted by atomic mass is 19.1. The number of aromatic nitrogens is 2. The first kappa shape index (κ1) is 11.7. The minimum absolute atomic E-state index is 0.193. The van der Waals surface area contributed by atoms with E-state index in [9.17, 15) is 4.39 Å². The maximum Gasteiger partial charge on any atom is 0.125 e. The van der Waals surface area contributed by atoms with Crippen molar-refractivity contribution in [1.29, 1.82) is 0 Å². The Hall–Kier alpha value is -1.42. The van der Waals surface area contributed by atoms with Crippen LogP contribution in [0.5, 0.6) is 0 Å². The van der Waals surface area contributed by atoms with Crippen molar-refractivity contribution in [3.8, 4) is 0 Å². The number of benzene rings is 1. The summed E-state index contributed by atoms with van der Waals surface area (Å²) in [4.78, 5) is 4.70. The van der Waals surface area contributed by atoms with Gasteiger partial charge in [0.1, 0.15) is 11.6 Å². The molecule has 0 aliphatic carbocycles. The monoisotopic (exact) mass is 247 g/mol. The Kier molecular flexibility index (Phi) is 2.82. The maximum atomic E-state index is 13.3. The number of rotatable bonds is 3. The van der Waals surface area contributed by atoms with Gasteiger partial charge in [0.25, 0.3) is 0 Å². The molecular weight excluding hydrogens is 229 g/mol. The van der Waals surface area contributed by atoms with Crippen LogP contribution in [0.3, 0.4) is 0 Å². The molecule has 96 valence electrons. The van der Waals surface area contributed by atoms with Crippen molar-refractivity contribution in [2.24, 2.45) is 5.92 Å². The van der Waals surface area contributed by atoms with Gasteiger partial charge >= 0.3 is 0 Å². The largest absolute Gasteiger partial charge is 0.328 e. The molecule has 3 rings (SSSR count). The summed E-state index contributed by atoms with van der Waals surface area (Å²) in [6.07, 6.45) is 0. The van der Waals surface area contributed by atoms with Crippen LogP contribution in [0.2, 0.25) is 0 Å². The Labute approximate surface area is 106 Å². The van der Waals surface area contributed by atoms with Crippen molar-refractivity contribution in [3.05, 3.63) is 29.8 Å². The molecule has 0 saturated carbocycles. The van der Waals surface area contributed by atoms with Gasteiger partial charge in [0.2, 0.25) is 0 Å². The second-order valence-electron chi connectivity index (χ2n) is 5.05. The average Bonchev–Trinajstić information content (AvgIpc) is 2.64. The van der Waals surface area contributed by atoms with Crippen LogP contribution in [0, 0.1) is 11.7 Å². The predicted octanol–water partition coefficient (Wildman–Crippen LogP) is 2.52. The second kappa shape index (κ2) is 4.35. The van der Waals surface area contributed by atoms with Gasteiger partial charge in [0.05, 0.1) is 11.0 Å². The highest BCUT2D eigenvalue weighted by Gasteiger charge is 2.28. The molecule has 1 aromatic heterocycles. The summed E-state index contributed by atoms with van der Waals surface area (Å²) >= 11 is 0. The summed E-state index contributed by atoms with van der Waals surface area (Å²) in [5, 5.41) is 3.30. The zero-order chi connectivity index (χ0) is 12.7. The van der Waals surface area contributed by atoms with Gasteiger partial charge in [-0.2, -0.15) is 0 Å². The molecule has 1 aromatic carbocycles. The average molecular weight is 247 g/mol. The lowest BCUT2D eigenvalue weighted by Gasteiger charge is -2.32. The summed E-state index contributed by atoms with van der Waals surface area (Å²) in [6.45, 7) is 7.25. The van der Waals surface area contributed by atoms with E-state index in [4.69, 9.17) is 4.98 Å². The zero-order valence-corrected chi connectivity index (χ0v) is 10.8. The first-order valence-electron chi connectivity index (χ1n) is 6.57. The van der Waals surface area contributed by atoms with E-state index in [1.54, 1.807) is 12.1 Å². The third-order valence-electron chi connectivity index (χ3n) is 3.98. The number of imidazole rings is 1. The predicted molar refractivity (Wildman–Crippen MR) is 70.1 cm³/mol. The number of hydrogen-bond acceptors (Lipinski definition) is 2. The van der Waals surface area contributed by atoms with Crippen molar-refractivity contribution in [2.45, 2.75) is 26.3 Å². The lowest BCUT2D eigenvalue weighted by Crippen LogP contribution is -2.45. The van der Waals surface area contributed by atoms with Gasteiger partial charge in [-0.15, -0.1) is 0 Å². The van der Waals surface area contributed by atoms with Crippen LogP contribution in [0.25, 0.3) is 11.0 Å². The Bertz CT molecular complexity index is 572. The van der Waals surface area contributed by atoms with Gasteiger partial charge < -0.3 is 9.88 Å². The first-order valence-corrected chi connectivity index (χ1v) is 6.57. The number of halogens is 1. The Balaban J connectivity index is 2.10. The van der Waals surface area contributed by atoms with E-state index in [1.165, 1.54) is 6.07 Å².